The molecule has 3 aromatic rings. The third kappa shape index (κ3) is 2.73. The molecule has 0 unspecified atom stereocenters. The molecule has 0 radical (unpaired) electrons. The number of likely N-dealkylation sites (N-methyl/N-ethyl adjacent to an activating group) is 1. The van der Waals surface area contributed by atoms with Crippen molar-refractivity contribution in [3.05, 3.63) is 64.5 Å². The lowest BCUT2D eigenvalue weighted by Crippen LogP contribution is -2.27. The van der Waals surface area contributed by atoms with Gasteiger partial charge in [0.25, 0.3) is 0 Å². The quantitative estimate of drug-likeness (QED) is 0.725. The molecule has 0 saturated heterocycles. The van der Waals surface area contributed by atoms with Gasteiger partial charge < -0.3 is 9.47 Å². The molecule has 1 aromatic carbocycles. The number of hydrogen-bond donors (Lipinski definition) is 0. The Bertz CT molecular complexity index is 1510. The van der Waals surface area contributed by atoms with Gasteiger partial charge in [0, 0.05) is 62.6 Å². The second-order valence-electron chi connectivity index (χ2n) is 5.56. The van der Waals surface area contributed by atoms with E-state index in [4.69, 9.17) is 19.2 Å². The van der Waals surface area contributed by atoms with E-state index in [0.717, 1.165) is 7.05 Å². The van der Waals surface area contributed by atoms with Crippen LogP contribution >= 0.6 is 0 Å². The van der Waals surface area contributed by atoms with Gasteiger partial charge >= 0.3 is 0 Å². The first-order valence-electron chi connectivity index (χ1n) is 14.5. The maximum Gasteiger partial charge on any atom is 0.0843 e. The fourth-order valence-corrected chi connectivity index (χ4v) is 2.52. The summed E-state index contributed by atoms with van der Waals surface area (Å²) < 4.78 is 121. The molecular weight excluding hydrogens is 294 g/mol. The zero-order valence-corrected chi connectivity index (χ0v) is 13.5. The van der Waals surface area contributed by atoms with Crippen LogP contribution in [0.3, 0.4) is 0 Å². The van der Waals surface area contributed by atoms with Crippen LogP contribution in [0.15, 0.2) is 36.4 Å². The number of aromatic nitrogens is 2. The average molecular weight is 334 g/mol. The molecule has 124 valence electrons. The van der Waals surface area contributed by atoms with Gasteiger partial charge in [0.15, 0.2) is 0 Å². The molecule has 0 amide bonds. The lowest BCUT2D eigenvalue weighted by Gasteiger charge is -2.24. The van der Waals surface area contributed by atoms with Crippen LogP contribution in [-0.2, 0) is 25.8 Å². The van der Waals surface area contributed by atoms with Crippen molar-refractivity contribution < 1.29 is 19.2 Å². The van der Waals surface area contributed by atoms with E-state index in [1.165, 1.54) is 13.8 Å². The van der Waals surface area contributed by atoms with Crippen molar-refractivity contribution in [2.24, 2.45) is 0 Å². The molecular formula is C21H25N3. The van der Waals surface area contributed by atoms with Crippen LogP contribution in [0.2, 0.25) is 0 Å². The third-order valence-corrected chi connectivity index (χ3v) is 3.64. The number of nitrogens with zero attached hydrogens (tertiary/aromatic N) is 3. The number of fused-ring (bicyclic) bond motifs is 3. The molecule has 0 fully saturated rings. The highest BCUT2D eigenvalue weighted by molar-refractivity contribution is 5.86. The summed E-state index contributed by atoms with van der Waals surface area (Å²) in [5.74, 6) is 0. The van der Waals surface area contributed by atoms with E-state index in [-0.39, 0.29) is 28.2 Å². The van der Waals surface area contributed by atoms with E-state index in [1.807, 2.05) is 0 Å². The molecule has 0 saturated carbocycles. The van der Waals surface area contributed by atoms with E-state index in [9.17, 15) is 0 Å². The minimum atomic E-state index is -3.08. The van der Waals surface area contributed by atoms with Crippen LogP contribution < -0.4 is 0 Å². The van der Waals surface area contributed by atoms with E-state index >= 15 is 0 Å². The Kier molecular flexibility index (Phi) is 1.59. The highest BCUT2D eigenvalue weighted by Crippen LogP contribution is 2.31. The summed E-state index contributed by atoms with van der Waals surface area (Å²) in [5.41, 5.74) is -2.00. The van der Waals surface area contributed by atoms with Gasteiger partial charge in [0.2, 0.25) is 0 Å². The van der Waals surface area contributed by atoms with Crippen molar-refractivity contribution in [1.82, 2.24) is 14.5 Å². The van der Waals surface area contributed by atoms with Gasteiger partial charge in [-0.15, -0.1) is 0 Å². The lowest BCUT2D eigenvalue weighted by atomic mass is 10.0. The lowest BCUT2D eigenvalue weighted by molar-refractivity contribution is 0.309. The van der Waals surface area contributed by atoms with Gasteiger partial charge in [-0.3, -0.25) is 4.98 Å². The summed E-state index contributed by atoms with van der Waals surface area (Å²) >= 11 is 0. The fourth-order valence-electron chi connectivity index (χ4n) is 2.52. The van der Waals surface area contributed by atoms with Crippen LogP contribution in [0, 0.1) is 13.8 Å². The highest BCUT2D eigenvalue weighted by atomic mass is 15.1. The average Bonchev–Trinajstić information content (AvgIpc) is 3.20. The summed E-state index contributed by atoms with van der Waals surface area (Å²) in [6.45, 7) is -5.83. The molecule has 3 heteroatoms. The van der Waals surface area contributed by atoms with Crippen LogP contribution in [0.5, 0.6) is 0 Å². The minimum absolute atomic E-state index is 0.0147. The smallest absolute Gasteiger partial charge is 0.0843 e. The first kappa shape index (κ1) is 6.30. The molecule has 0 spiro atoms. The number of aryl methyl sites for hydroxylation is 2. The monoisotopic (exact) mass is 333 g/mol. The van der Waals surface area contributed by atoms with E-state index in [2.05, 4.69) is 4.98 Å². The largest absolute Gasteiger partial charge is 0.344 e. The summed E-state index contributed by atoms with van der Waals surface area (Å²) in [4.78, 5) is 4.40. The fraction of sp³-hybridized carbons (Fsp3) is 0.381. The molecule has 2 aromatic heterocycles. The molecule has 3 nitrogen and oxygen atoms in total. The second kappa shape index (κ2) is 6.06. The Morgan fingerprint density at radius 2 is 2.17 bits per heavy atom. The maximum absolute atomic E-state index is 8.98. The second-order valence-corrected chi connectivity index (χ2v) is 5.56. The van der Waals surface area contributed by atoms with Gasteiger partial charge in [-0.05, 0) is 56.6 Å². The number of rotatable bonds is 3. The molecule has 3 heterocycles. The van der Waals surface area contributed by atoms with Gasteiger partial charge in [-0.1, -0.05) is 17.6 Å². The predicted molar refractivity (Wildman–Crippen MR) is 99.4 cm³/mol. The first-order chi connectivity index (χ1) is 17.1. The van der Waals surface area contributed by atoms with Gasteiger partial charge in [0.05, 0.1) is 11.0 Å². The maximum atomic E-state index is 8.98. The van der Waals surface area contributed by atoms with Gasteiger partial charge in [0.1, 0.15) is 0 Å². The Morgan fingerprint density at radius 3 is 3.04 bits per heavy atom. The predicted octanol–water partition coefficient (Wildman–Crippen LogP) is 3.88. The summed E-state index contributed by atoms with van der Waals surface area (Å²) in [6, 6.07) is -2.30. The van der Waals surface area contributed by atoms with Crippen molar-refractivity contribution >= 4 is 10.9 Å². The van der Waals surface area contributed by atoms with Crippen LogP contribution in [0.1, 0.15) is 47.3 Å². The first-order valence-corrected chi connectivity index (χ1v) is 7.47. The molecule has 24 heavy (non-hydrogen) atoms. The summed E-state index contributed by atoms with van der Waals surface area (Å²) in [5, 5.41) is -0.320. The number of pyridine rings is 1. The van der Waals surface area contributed by atoms with Crippen molar-refractivity contribution in [1.29, 1.82) is 0 Å². The highest BCUT2D eigenvalue weighted by Gasteiger charge is 2.22. The van der Waals surface area contributed by atoms with Crippen molar-refractivity contribution in [3.63, 3.8) is 0 Å². The molecule has 1 aliphatic heterocycles. The molecule has 4 rings (SSSR count). The zero-order chi connectivity index (χ0) is 29.1. The Morgan fingerprint density at radius 1 is 1.29 bits per heavy atom. The van der Waals surface area contributed by atoms with E-state index in [1.54, 1.807) is 0 Å². The van der Waals surface area contributed by atoms with Gasteiger partial charge in [-0.2, -0.15) is 0 Å². The molecule has 1 aliphatic rings. The van der Waals surface area contributed by atoms with Crippen LogP contribution in [0.25, 0.3) is 10.9 Å². The third-order valence-electron chi connectivity index (χ3n) is 3.64. The summed E-state index contributed by atoms with van der Waals surface area (Å²) in [6.07, 6.45) is -4.40. The molecule has 0 atom stereocenters. The molecule has 0 aliphatic carbocycles. The van der Waals surface area contributed by atoms with Crippen molar-refractivity contribution in [2.45, 2.75) is 39.6 Å². The van der Waals surface area contributed by atoms with E-state index in [0.29, 0.717) is 9.47 Å². The van der Waals surface area contributed by atoms with Crippen LogP contribution in [0.4, 0.5) is 0 Å². The number of benzene rings is 1. The van der Waals surface area contributed by atoms with Crippen molar-refractivity contribution in [3.8, 4) is 0 Å². The van der Waals surface area contributed by atoms with Crippen LogP contribution in [-0.4, -0.2) is 28.0 Å². The Balaban J connectivity index is 2.23. The minimum Gasteiger partial charge on any atom is -0.344 e. The topological polar surface area (TPSA) is 21.1 Å². The van der Waals surface area contributed by atoms with Gasteiger partial charge in [-0.25, -0.2) is 0 Å². The Labute approximate surface area is 163 Å². The Hall–Kier alpha value is -2.13. The molecule has 0 N–H and O–H groups in total. The number of hydrogen-bond acceptors (Lipinski definition) is 2. The summed E-state index contributed by atoms with van der Waals surface area (Å²) in [7, 11) is 1.03. The zero-order valence-electron chi connectivity index (χ0n) is 27.5. The standard InChI is InChI=1S/C21H25N3/c1-15-4-7-20-18(12-15)19-14-23(3)10-9-21(19)24(20)11-8-17-6-5-16(2)22-13-17/h4-7,12-13H,8-11,14H2,1-3H3/i4D,5D,6D,7D,9D2,10D2,11D2,12D,13D,14D2. The van der Waals surface area contributed by atoms with Crippen molar-refractivity contribution in [2.75, 3.05) is 13.5 Å². The normalized spacial score (nSPS) is 30.3. The molecule has 0 bridgehead atoms. The van der Waals surface area contributed by atoms with E-state index < -0.39 is 79.4 Å². The SMILES string of the molecule is [2H]c1nc(C)c([2H])c([2H])c1CC([2H])([2H])n1c2c(c3c([2H])c(C)c([2H])c([2H])c31)C([2H])([2H])N(C)C([2H])([2H])C2([2H])[2H].